The highest BCUT2D eigenvalue weighted by molar-refractivity contribution is 5.33. The largest absolute Gasteiger partial charge is 0.0670 e. The van der Waals surface area contributed by atoms with Crippen molar-refractivity contribution >= 4 is 0 Å². The molecule has 0 heteroatoms. The zero-order valence-electron chi connectivity index (χ0n) is 12.9. The lowest BCUT2D eigenvalue weighted by Gasteiger charge is -2.62. The molecule has 0 nitrogen and oxygen atoms in total. The summed E-state index contributed by atoms with van der Waals surface area (Å²) < 4.78 is 0. The normalized spacial score (nSPS) is 50.4. The minimum atomic E-state index is 1.07. The summed E-state index contributed by atoms with van der Waals surface area (Å²) in [6.07, 6.45) is 18.6. The molecule has 0 amide bonds. The minimum absolute atomic E-state index is 1.07. The summed E-state index contributed by atoms with van der Waals surface area (Å²) in [5, 5.41) is 0. The van der Waals surface area contributed by atoms with Gasteiger partial charge < -0.3 is 0 Å². The summed E-state index contributed by atoms with van der Waals surface area (Å²) in [6, 6.07) is 0. The lowest BCUT2D eigenvalue weighted by atomic mass is 9.43. The number of hydrogen-bond acceptors (Lipinski definition) is 0. The van der Waals surface area contributed by atoms with Crippen LogP contribution in [0.5, 0.6) is 0 Å². The molecule has 0 saturated heterocycles. The third kappa shape index (κ3) is 1.54. The average molecular weight is 270 g/mol. The predicted octanol–water partition coefficient (Wildman–Crippen LogP) is 5.73. The molecule has 0 aromatic carbocycles. The van der Waals surface area contributed by atoms with Crippen molar-refractivity contribution in [3.05, 3.63) is 11.1 Å². The Labute approximate surface area is 124 Å². The second kappa shape index (κ2) is 4.62. The third-order valence-electron chi connectivity index (χ3n) is 7.95. The van der Waals surface area contributed by atoms with Gasteiger partial charge in [-0.15, -0.1) is 0 Å². The van der Waals surface area contributed by atoms with E-state index in [0.717, 1.165) is 35.5 Å². The standard InChI is InChI=1S/C20H30/c1-2-8-14-13(7-1)19-15-9-3-5-11-17(15)20(14)18-12-6-4-10-16(18)19/h13-15,17,19-20H,1-12H2/t13-,14+,15-,17+,19?,20?. The summed E-state index contributed by atoms with van der Waals surface area (Å²) in [6.45, 7) is 0. The van der Waals surface area contributed by atoms with Crippen molar-refractivity contribution in [2.24, 2.45) is 35.5 Å². The number of allylic oxidation sites excluding steroid dienone is 2. The fourth-order valence-electron chi connectivity index (χ4n) is 7.54. The van der Waals surface area contributed by atoms with Crippen molar-refractivity contribution in [3.63, 3.8) is 0 Å². The molecule has 6 rings (SSSR count). The molecular weight excluding hydrogens is 240 g/mol. The lowest BCUT2D eigenvalue weighted by Crippen LogP contribution is -2.54. The SMILES string of the molecule is C1CCC2=C(C1)C1[C@H]3CCCC[C@H]3C2[C@@H]2CCCC[C@H]12. The second-order valence-corrected chi connectivity index (χ2v) is 8.53. The maximum atomic E-state index is 2.05. The van der Waals surface area contributed by atoms with Crippen LogP contribution in [-0.4, -0.2) is 0 Å². The van der Waals surface area contributed by atoms with Crippen molar-refractivity contribution in [2.75, 3.05) is 0 Å². The van der Waals surface area contributed by atoms with Crippen molar-refractivity contribution in [2.45, 2.75) is 77.0 Å². The van der Waals surface area contributed by atoms with Crippen LogP contribution in [0, 0.1) is 35.5 Å². The zero-order valence-corrected chi connectivity index (χ0v) is 12.9. The molecule has 3 saturated carbocycles. The van der Waals surface area contributed by atoms with E-state index in [1.807, 2.05) is 11.1 Å². The molecule has 2 bridgehead atoms. The minimum Gasteiger partial charge on any atom is -0.0670 e. The fraction of sp³-hybridized carbons (Fsp3) is 0.900. The molecule has 0 radical (unpaired) electrons. The molecule has 0 N–H and O–H groups in total. The predicted molar refractivity (Wildman–Crippen MR) is 83.4 cm³/mol. The second-order valence-electron chi connectivity index (χ2n) is 8.53. The quantitative estimate of drug-likeness (QED) is 0.493. The van der Waals surface area contributed by atoms with E-state index in [-0.39, 0.29) is 0 Å². The van der Waals surface area contributed by atoms with Gasteiger partial charge in [0.25, 0.3) is 0 Å². The molecule has 6 aliphatic rings. The Morgan fingerprint density at radius 2 is 0.800 bits per heavy atom. The molecule has 0 heterocycles. The molecule has 20 heavy (non-hydrogen) atoms. The topological polar surface area (TPSA) is 0 Å². The van der Waals surface area contributed by atoms with Gasteiger partial charge in [-0.05, 0) is 86.9 Å². The Hall–Kier alpha value is -0.260. The van der Waals surface area contributed by atoms with Crippen LogP contribution in [0.25, 0.3) is 0 Å². The van der Waals surface area contributed by atoms with Gasteiger partial charge in [-0.3, -0.25) is 0 Å². The highest BCUT2D eigenvalue weighted by Crippen LogP contribution is 2.65. The van der Waals surface area contributed by atoms with Crippen LogP contribution in [0.3, 0.4) is 0 Å². The lowest BCUT2D eigenvalue weighted by molar-refractivity contribution is -0.0557. The van der Waals surface area contributed by atoms with E-state index in [4.69, 9.17) is 0 Å². The van der Waals surface area contributed by atoms with E-state index in [1.54, 1.807) is 51.4 Å². The molecular formula is C20H30. The van der Waals surface area contributed by atoms with Gasteiger partial charge in [0, 0.05) is 0 Å². The zero-order chi connectivity index (χ0) is 13.1. The Bertz CT molecular complexity index is 367. The Morgan fingerprint density at radius 3 is 1.15 bits per heavy atom. The average Bonchev–Trinajstić information content (AvgIpc) is 2.54. The van der Waals surface area contributed by atoms with E-state index < -0.39 is 0 Å². The van der Waals surface area contributed by atoms with E-state index in [1.165, 1.54) is 25.7 Å². The van der Waals surface area contributed by atoms with E-state index in [2.05, 4.69) is 0 Å². The molecule has 0 spiro atoms. The molecule has 3 fully saturated rings. The van der Waals surface area contributed by atoms with Crippen LogP contribution in [0.4, 0.5) is 0 Å². The van der Waals surface area contributed by atoms with Crippen molar-refractivity contribution in [1.29, 1.82) is 0 Å². The molecule has 0 aliphatic heterocycles. The Morgan fingerprint density at radius 1 is 0.450 bits per heavy atom. The molecule has 0 unspecified atom stereocenters. The maximum Gasteiger partial charge on any atom is -0.0138 e. The summed E-state index contributed by atoms with van der Waals surface area (Å²) in [5.74, 6) is 6.67. The first-order valence-electron chi connectivity index (χ1n) is 9.67. The van der Waals surface area contributed by atoms with Crippen LogP contribution >= 0.6 is 0 Å². The van der Waals surface area contributed by atoms with Gasteiger partial charge in [0.05, 0.1) is 0 Å². The first-order valence-corrected chi connectivity index (χ1v) is 9.67. The van der Waals surface area contributed by atoms with Gasteiger partial charge in [0.15, 0.2) is 0 Å². The Kier molecular flexibility index (Phi) is 2.84. The van der Waals surface area contributed by atoms with Crippen LogP contribution in [0.15, 0.2) is 11.1 Å². The summed E-state index contributed by atoms with van der Waals surface area (Å²) in [4.78, 5) is 0. The third-order valence-corrected chi connectivity index (χ3v) is 7.95. The molecule has 4 atom stereocenters. The van der Waals surface area contributed by atoms with Crippen molar-refractivity contribution in [3.8, 4) is 0 Å². The summed E-state index contributed by atoms with van der Waals surface area (Å²) in [7, 11) is 0. The first kappa shape index (κ1) is 12.3. The first-order chi connectivity index (χ1) is 9.95. The van der Waals surface area contributed by atoms with Gasteiger partial charge >= 0.3 is 0 Å². The number of hydrogen-bond donors (Lipinski definition) is 0. The highest BCUT2D eigenvalue weighted by atomic mass is 14.6. The van der Waals surface area contributed by atoms with E-state index in [9.17, 15) is 0 Å². The van der Waals surface area contributed by atoms with Crippen LogP contribution < -0.4 is 0 Å². The van der Waals surface area contributed by atoms with Crippen molar-refractivity contribution < 1.29 is 0 Å². The highest BCUT2D eigenvalue weighted by Gasteiger charge is 2.57. The van der Waals surface area contributed by atoms with Crippen LogP contribution in [0.2, 0.25) is 0 Å². The maximum absolute atomic E-state index is 2.05. The van der Waals surface area contributed by atoms with Gasteiger partial charge in [0.1, 0.15) is 0 Å². The molecule has 110 valence electrons. The number of rotatable bonds is 0. The van der Waals surface area contributed by atoms with Crippen molar-refractivity contribution in [1.82, 2.24) is 0 Å². The van der Waals surface area contributed by atoms with Gasteiger partial charge in [0.2, 0.25) is 0 Å². The van der Waals surface area contributed by atoms with Gasteiger partial charge in [-0.1, -0.05) is 36.8 Å². The molecule has 6 aliphatic carbocycles. The monoisotopic (exact) mass is 270 g/mol. The van der Waals surface area contributed by atoms with E-state index in [0.29, 0.717) is 0 Å². The van der Waals surface area contributed by atoms with Gasteiger partial charge in [-0.25, -0.2) is 0 Å². The molecule has 0 aromatic rings. The van der Waals surface area contributed by atoms with Crippen LogP contribution in [0.1, 0.15) is 77.0 Å². The smallest absolute Gasteiger partial charge is 0.0138 e. The fourth-order valence-corrected chi connectivity index (χ4v) is 7.54. The Balaban J connectivity index is 1.63. The van der Waals surface area contributed by atoms with E-state index >= 15 is 0 Å². The summed E-state index contributed by atoms with van der Waals surface area (Å²) >= 11 is 0. The molecule has 0 aromatic heterocycles. The van der Waals surface area contributed by atoms with Crippen LogP contribution in [-0.2, 0) is 0 Å². The van der Waals surface area contributed by atoms with Gasteiger partial charge in [-0.2, -0.15) is 0 Å². The summed E-state index contributed by atoms with van der Waals surface area (Å²) in [5.41, 5.74) is 4.10.